The predicted octanol–water partition coefficient (Wildman–Crippen LogP) is -0.184. The topological polar surface area (TPSA) is 72.9 Å². The number of piperidine rings is 1. The summed E-state index contributed by atoms with van der Waals surface area (Å²) in [5.41, 5.74) is 6.56. The lowest BCUT2D eigenvalue weighted by molar-refractivity contribution is -0.123. The Hall–Kier alpha value is -1.36. The summed E-state index contributed by atoms with van der Waals surface area (Å²) >= 11 is 0. The maximum Gasteiger partial charge on any atom is 0.222 e. The molecule has 0 bridgehead atoms. The third-order valence-electron chi connectivity index (χ3n) is 3.16. The Balaban J connectivity index is 2.03. The fourth-order valence-electron chi connectivity index (χ4n) is 2.34. The molecule has 1 aliphatic heterocycles. The van der Waals surface area contributed by atoms with Gasteiger partial charge in [-0.1, -0.05) is 0 Å². The molecule has 1 aromatic heterocycles. The van der Waals surface area contributed by atoms with E-state index in [0.717, 1.165) is 31.4 Å². The van der Waals surface area contributed by atoms with Gasteiger partial charge in [-0.2, -0.15) is 5.10 Å². The number of aryl methyl sites for hydroxylation is 1. The highest BCUT2D eigenvalue weighted by Crippen LogP contribution is 2.19. The summed E-state index contributed by atoms with van der Waals surface area (Å²) < 4.78 is 1.78. The average Bonchev–Trinajstić information content (AvgIpc) is 2.64. The molecule has 3 N–H and O–H groups in total. The predicted molar refractivity (Wildman–Crippen MR) is 60.6 cm³/mol. The normalized spacial score (nSPS) is 25.6. The van der Waals surface area contributed by atoms with Gasteiger partial charge in [0, 0.05) is 19.3 Å². The summed E-state index contributed by atoms with van der Waals surface area (Å²) in [7, 11) is 1.89. The summed E-state index contributed by atoms with van der Waals surface area (Å²) in [4.78, 5) is 11.3. The lowest BCUT2D eigenvalue weighted by atomic mass is 9.87. The van der Waals surface area contributed by atoms with Crippen LogP contribution in [-0.4, -0.2) is 28.3 Å². The third kappa shape index (κ3) is 2.41. The molecule has 1 amide bonds. The Morgan fingerprint density at radius 3 is 3.19 bits per heavy atom. The van der Waals surface area contributed by atoms with Gasteiger partial charge in [-0.15, -0.1) is 0 Å². The number of aromatic nitrogens is 2. The Morgan fingerprint density at radius 1 is 1.75 bits per heavy atom. The number of carbonyl (C=O) groups is 1. The molecule has 2 rings (SSSR count). The van der Waals surface area contributed by atoms with Crippen LogP contribution in [0.2, 0.25) is 0 Å². The SMILES string of the molecule is Cn1cc(CC2NCCCC2C(N)=O)cn1. The summed E-state index contributed by atoms with van der Waals surface area (Å²) in [6.07, 6.45) is 6.56. The zero-order valence-corrected chi connectivity index (χ0v) is 9.52. The van der Waals surface area contributed by atoms with Crippen LogP contribution in [-0.2, 0) is 18.3 Å². The van der Waals surface area contributed by atoms with Crippen LogP contribution >= 0.6 is 0 Å². The van der Waals surface area contributed by atoms with Crippen LogP contribution in [0, 0.1) is 5.92 Å². The van der Waals surface area contributed by atoms with Crippen molar-refractivity contribution in [1.82, 2.24) is 15.1 Å². The van der Waals surface area contributed by atoms with Crippen molar-refractivity contribution in [2.45, 2.75) is 25.3 Å². The highest BCUT2D eigenvalue weighted by atomic mass is 16.1. The molecule has 0 aromatic carbocycles. The van der Waals surface area contributed by atoms with Crippen LogP contribution in [0.5, 0.6) is 0 Å². The first-order chi connectivity index (χ1) is 7.66. The minimum atomic E-state index is -0.193. The number of nitrogens with zero attached hydrogens (tertiary/aromatic N) is 2. The zero-order chi connectivity index (χ0) is 11.5. The number of hydrogen-bond donors (Lipinski definition) is 2. The van der Waals surface area contributed by atoms with Crippen molar-refractivity contribution in [1.29, 1.82) is 0 Å². The second-order valence-electron chi connectivity index (χ2n) is 4.44. The highest BCUT2D eigenvalue weighted by molar-refractivity contribution is 5.77. The molecule has 0 saturated carbocycles. The fourth-order valence-corrected chi connectivity index (χ4v) is 2.34. The molecule has 5 nitrogen and oxygen atoms in total. The first-order valence-electron chi connectivity index (χ1n) is 5.67. The van der Waals surface area contributed by atoms with Gasteiger partial charge in [-0.05, 0) is 31.4 Å². The van der Waals surface area contributed by atoms with Crippen LogP contribution in [0.4, 0.5) is 0 Å². The largest absolute Gasteiger partial charge is 0.369 e. The number of nitrogens with two attached hydrogens (primary N) is 1. The lowest BCUT2D eigenvalue weighted by Gasteiger charge is -2.30. The molecule has 5 heteroatoms. The van der Waals surface area contributed by atoms with Crippen molar-refractivity contribution in [2.24, 2.45) is 18.7 Å². The Bertz CT molecular complexity index is 374. The first kappa shape index (κ1) is 11.1. The van der Waals surface area contributed by atoms with Crippen molar-refractivity contribution in [3.63, 3.8) is 0 Å². The van der Waals surface area contributed by atoms with Crippen LogP contribution in [0.1, 0.15) is 18.4 Å². The molecule has 2 unspecified atom stereocenters. The molecule has 0 radical (unpaired) electrons. The van der Waals surface area contributed by atoms with E-state index in [0.29, 0.717) is 0 Å². The third-order valence-corrected chi connectivity index (χ3v) is 3.16. The Morgan fingerprint density at radius 2 is 2.56 bits per heavy atom. The van der Waals surface area contributed by atoms with Gasteiger partial charge in [0.2, 0.25) is 5.91 Å². The maximum absolute atomic E-state index is 11.3. The summed E-state index contributed by atoms with van der Waals surface area (Å²) in [5.74, 6) is -0.241. The molecule has 1 aliphatic rings. The standard InChI is InChI=1S/C11H18N4O/c1-15-7-8(6-14-15)5-10-9(11(12)16)3-2-4-13-10/h6-7,9-10,13H,2-5H2,1H3,(H2,12,16). The summed E-state index contributed by atoms with van der Waals surface area (Å²) in [6.45, 7) is 0.967. The Labute approximate surface area is 95.0 Å². The molecular formula is C11H18N4O. The zero-order valence-electron chi connectivity index (χ0n) is 9.52. The number of hydrogen-bond acceptors (Lipinski definition) is 3. The van der Waals surface area contributed by atoms with Gasteiger partial charge in [0.15, 0.2) is 0 Å². The summed E-state index contributed by atoms with van der Waals surface area (Å²) in [6, 6.07) is 0.162. The van der Waals surface area contributed by atoms with Crippen LogP contribution in [0.15, 0.2) is 12.4 Å². The quantitative estimate of drug-likeness (QED) is 0.745. The molecule has 2 atom stereocenters. The van der Waals surface area contributed by atoms with Crippen molar-refractivity contribution in [3.8, 4) is 0 Å². The molecule has 0 aliphatic carbocycles. The number of primary amides is 1. The van der Waals surface area contributed by atoms with Crippen LogP contribution in [0.3, 0.4) is 0 Å². The molecule has 1 fully saturated rings. The number of nitrogens with one attached hydrogen (secondary N) is 1. The van der Waals surface area contributed by atoms with E-state index in [1.807, 2.05) is 19.4 Å². The number of rotatable bonds is 3. The van der Waals surface area contributed by atoms with E-state index < -0.39 is 0 Å². The van der Waals surface area contributed by atoms with E-state index >= 15 is 0 Å². The first-order valence-corrected chi connectivity index (χ1v) is 5.67. The number of amides is 1. The van der Waals surface area contributed by atoms with E-state index in [4.69, 9.17) is 5.73 Å². The average molecular weight is 222 g/mol. The van der Waals surface area contributed by atoms with Gasteiger partial charge in [0.1, 0.15) is 0 Å². The second-order valence-corrected chi connectivity index (χ2v) is 4.44. The minimum Gasteiger partial charge on any atom is -0.369 e. The van der Waals surface area contributed by atoms with Gasteiger partial charge in [-0.3, -0.25) is 9.48 Å². The molecule has 1 aromatic rings. The molecule has 2 heterocycles. The fraction of sp³-hybridized carbons (Fsp3) is 0.636. The van der Waals surface area contributed by atoms with Crippen LogP contribution < -0.4 is 11.1 Å². The van der Waals surface area contributed by atoms with E-state index in [-0.39, 0.29) is 17.9 Å². The summed E-state index contributed by atoms with van der Waals surface area (Å²) in [5, 5.41) is 7.50. The molecule has 0 spiro atoms. The van der Waals surface area contributed by atoms with Crippen molar-refractivity contribution < 1.29 is 4.79 Å². The van der Waals surface area contributed by atoms with E-state index in [1.54, 1.807) is 4.68 Å². The smallest absolute Gasteiger partial charge is 0.222 e. The van der Waals surface area contributed by atoms with Crippen molar-refractivity contribution >= 4 is 5.91 Å². The molecular weight excluding hydrogens is 204 g/mol. The molecule has 1 saturated heterocycles. The van der Waals surface area contributed by atoms with Gasteiger partial charge in [-0.25, -0.2) is 0 Å². The molecule has 16 heavy (non-hydrogen) atoms. The monoisotopic (exact) mass is 222 g/mol. The van der Waals surface area contributed by atoms with Gasteiger partial charge in [0.25, 0.3) is 0 Å². The van der Waals surface area contributed by atoms with Crippen LogP contribution in [0.25, 0.3) is 0 Å². The lowest BCUT2D eigenvalue weighted by Crippen LogP contribution is -2.48. The molecule has 88 valence electrons. The highest BCUT2D eigenvalue weighted by Gasteiger charge is 2.29. The second kappa shape index (κ2) is 4.65. The van der Waals surface area contributed by atoms with E-state index in [1.165, 1.54) is 0 Å². The van der Waals surface area contributed by atoms with E-state index in [9.17, 15) is 4.79 Å². The minimum absolute atomic E-state index is 0.0473. The van der Waals surface area contributed by atoms with Gasteiger partial charge >= 0.3 is 0 Å². The maximum atomic E-state index is 11.3. The van der Waals surface area contributed by atoms with Crippen molar-refractivity contribution in [3.05, 3.63) is 18.0 Å². The van der Waals surface area contributed by atoms with Crippen molar-refractivity contribution in [2.75, 3.05) is 6.54 Å². The number of carbonyl (C=O) groups excluding carboxylic acids is 1. The van der Waals surface area contributed by atoms with E-state index in [2.05, 4.69) is 10.4 Å². The van der Waals surface area contributed by atoms with Gasteiger partial charge in [0.05, 0.1) is 12.1 Å². The Kier molecular flexibility index (Phi) is 3.24. The van der Waals surface area contributed by atoms with Gasteiger partial charge < -0.3 is 11.1 Å².